The normalized spacial score (nSPS) is 12.2. The fraction of sp³-hybridized carbons (Fsp3) is 0.455. The number of nitro benzene ring substituents is 1. The number of nitro groups is 1. The number of aliphatic hydroxyl groups excluding tert-OH is 1. The number of aliphatic hydroxyl groups is 1. The quantitative estimate of drug-likeness (QED) is 0.481. The molecule has 17 heavy (non-hydrogen) atoms. The van der Waals surface area contributed by atoms with Crippen molar-refractivity contribution in [3.8, 4) is 5.75 Å². The zero-order valence-corrected chi connectivity index (χ0v) is 10.6. The van der Waals surface area contributed by atoms with Crippen molar-refractivity contribution in [3.63, 3.8) is 0 Å². The average Bonchev–Trinajstić information content (AvgIpc) is 2.35. The Labute approximate surface area is 104 Å². The molecule has 0 radical (unpaired) electrons. The van der Waals surface area contributed by atoms with Gasteiger partial charge in [-0.15, -0.1) is 11.8 Å². The molecule has 0 aliphatic rings. The SMILES string of the molecule is COc1ccc(SCC(C)CO)c([N+](=O)[O-])c1. The molecule has 0 fully saturated rings. The van der Waals surface area contributed by atoms with E-state index in [4.69, 9.17) is 9.84 Å². The van der Waals surface area contributed by atoms with E-state index in [1.165, 1.54) is 24.9 Å². The first-order valence-corrected chi connectivity index (χ1v) is 6.13. The van der Waals surface area contributed by atoms with E-state index in [0.717, 1.165) is 0 Å². The van der Waals surface area contributed by atoms with Gasteiger partial charge in [0.2, 0.25) is 0 Å². The maximum Gasteiger partial charge on any atom is 0.286 e. The Morgan fingerprint density at radius 2 is 2.29 bits per heavy atom. The molecule has 94 valence electrons. The molecule has 1 unspecified atom stereocenters. The third kappa shape index (κ3) is 3.90. The fourth-order valence-corrected chi connectivity index (χ4v) is 2.19. The molecule has 0 aromatic heterocycles. The molecular formula is C11H15NO4S. The van der Waals surface area contributed by atoms with E-state index >= 15 is 0 Å². The zero-order valence-electron chi connectivity index (χ0n) is 9.75. The summed E-state index contributed by atoms with van der Waals surface area (Å²) in [5.41, 5.74) is 0.0412. The van der Waals surface area contributed by atoms with E-state index < -0.39 is 4.92 Å². The van der Waals surface area contributed by atoms with Gasteiger partial charge < -0.3 is 9.84 Å². The third-order valence-electron chi connectivity index (χ3n) is 2.20. The van der Waals surface area contributed by atoms with Gasteiger partial charge in [0.25, 0.3) is 5.69 Å². The highest BCUT2D eigenvalue weighted by molar-refractivity contribution is 7.99. The molecule has 0 amide bonds. The van der Waals surface area contributed by atoms with Crippen LogP contribution in [-0.4, -0.2) is 29.5 Å². The van der Waals surface area contributed by atoms with Crippen molar-refractivity contribution < 1.29 is 14.8 Å². The highest BCUT2D eigenvalue weighted by Gasteiger charge is 2.16. The molecular weight excluding hydrogens is 242 g/mol. The van der Waals surface area contributed by atoms with Crippen LogP contribution in [0.25, 0.3) is 0 Å². The summed E-state index contributed by atoms with van der Waals surface area (Å²) >= 11 is 1.37. The number of ether oxygens (including phenoxy) is 1. The molecule has 6 heteroatoms. The Kier molecular flexibility index (Phi) is 5.24. The topological polar surface area (TPSA) is 72.6 Å². The predicted molar refractivity (Wildman–Crippen MR) is 66.6 cm³/mol. The van der Waals surface area contributed by atoms with Crippen LogP contribution in [0.15, 0.2) is 23.1 Å². The third-order valence-corrected chi connectivity index (χ3v) is 3.59. The maximum atomic E-state index is 10.9. The summed E-state index contributed by atoms with van der Waals surface area (Å²) < 4.78 is 4.95. The number of hydrogen-bond acceptors (Lipinski definition) is 5. The van der Waals surface area contributed by atoms with E-state index in [9.17, 15) is 10.1 Å². The predicted octanol–water partition coefficient (Wildman–Crippen LogP) is 2.32. The van der Waals surface area contributed by atoms with Gasteiger partial charge in [0, 0.05) is 12.4 Å². The summed E-state index contributed by atoms with van der Waals surface area (Å²) in [6.45, 7) is 1.97. The monoisotopic (exact) mass is 257 g/mol. The van der Waals surface area contributed by atoms with Crippen molar-refractivity contribution in [2.24, 2.45) is 5.92 Å². The smallest absolute Gasteiger partial charge is 0.286 e. The molecule has 0 spiro atoms. The van der Waals surface area contributed by atoms with E-state index in [1.807, 2.05) is 6.92 Å². The summed E-state index contributed by atoms with van der Waals surface area (Å²) in [6.07, 6.45) is 0. The number of methoxy groups -OCH3 is 1. The van der Waals surface area contributed by atoms with Crippen molar-refractivity contribution in [2.75, 3.05) is 19.5 Å². The molecule has 1 N–H and O–H groups in total. The number of benzene rings is 1. The Morgan fingerprint density at radius 3 is 2.82 bits per heavy atom. The molecule has 5 nitrogen and oxygen atoms in total. The fourth-order valence-electron chi connectivity index (χ4n) is 1.17. The lowest BCUT2D eigenvalue weighted by molar-refractivity contribution is -0.387. The van der Waals surface area contributed by atoms with E-state index in [0.29, 0.717) is 16.4 Å². The summed E-state index contributed by atoms with van der Waals surface area (Å²) in [5.74, 6) is 1.22. The minimum absolute atomic E-state index is 0.0412. The van der Waals surface area contributed by atoms with Crippen LogP contribution in [0.2, 0.25) is 0 Å². The summed E-state index contributed by atoms with van der Waals surface area (Å²) in [4.78, 5) is 11.1. The van der Waals surface area contributed by atoms with Crippen LogP contribution < -0.4 is 4.74 Å². The van der Waals surface area contributed by atoms with Crippen LogP contribution in [-0.2, 0) is 0 Å². The van der Waals surface area contributed by atoms with Crippen LogP contribution in [0.4, 0.5) is 5.69 Å². The lowest BCUT2D eigenvalue weighted by Crippen LogP contribution is -2.03. The van der Waals surface area contributed by atoms with Crippen LogP contribution in [0.1, 0.15) is 6.92 Å². The Balaban J connectivity index is 2.87. The molecule has 1 atom stereocenters. The number of nitrogens with zero attached hydrogens (tertiary/aromatic N) is 1. The maximum absolute atomic E-state index is 10.9. The zero-order chi connectivity index (χ0) is 12.8. The minimum Gasteiger partial charge on any atom is -0.497 e. The van der Waals surface area contributed by atoms with Gasteiger partial charge in [0.1, 0.15) is 5.75 Å². The highest BCUT2D eigenvalue weighted by Crippen LogP contribution is 2.33. The van der Waals surface area contributed by atoms with Crippen LogP contribution >= 0.6 is 11.8 Å². The van der Waals surface area contributed by atoms with Crippen molar-refractivity contribution in [2.45, 2.75) is 11.8 Å². The summed E-state index contributed by atoms with van der Waals surface area (Å²) in [6, 6.07) is 4.77. The van der Waals surface area contributed by atoms with Gasteiger partial charge in [-0.1, -0.05) is 6.92 Å². The van der Waals surface area contributed by atoms with Gasteiger partial charge in [0.05, 0.1) is 23.0 Å². The van der Waals surface area contributed by atoms with Gasteiger partial charge in [0.15, 0.2) is 0 Å². The van der Waals surface area contributed by atoms with Crippen LogP contribution in [0, 0.1) is 16.0 Å². The second kappa shape index (κ2) is 6.46. The molecule has 0 saturated carbocycles. The van der Waals surface area contributed by atoms with Crippen molar-refractivity contribution in [1.29, 1.82) is 0 Å². The number of rotatable bonds is 6. The van der Waals surface area contributed by atoms with E-state index in [-0.39, 0.29) is 18.2 Å². The molecule has 0 aliphatic heterocycles. The van der Waals surface area contributed by atoms with Gasteiger partial charge in [-0.3, -0.25) is 10.1 Å². The van der Waals surface area contributed by atoms with Crippen molar-refractivity contribution in [1.82, 2.24) is 0 Å². The minimum atomic E-state index is -0.422. The van der Waals surface area contributed by atoms with E-state index in [1.54, 1.807) is 12.1 Å². The number of hydrogen-bond donors (Lipinski definition) is 1. The van der Waals surface area contributed by atoms with Gasteiger partial charge in [-0.2, -0.15) is 0 Å². The Bertz CT molecular complexity index is 397. The number of thioether (sulfide) groups is 1. The standard InChI is InChI=1S/C11H15NO4S/c1-8(6-13)7-17-11-4-3-9(16-2)5-10(11)12(14)15/h3-5,8,13H,6-7H2,1-2H3. The molecule has 0 bridgehead atoms. The first-order chi connectivity index (χ1) is 8.08. The lowest BCUT2D eigenvalue weighted by Gasteiger charge is -2.08. The second-order valence-electron chi connectivity index (χ2n) is 3.69. The lowest BCUT2D eigenvalue weighted by atomic mass is 10.2. The molecule has 1 aromatic carbocycles. The summed E-state index contributed by atoms with van der Waals surface area (Å²) in [5, 5.41) is 19.8. The molecule has 1 rings (SSSR count). The van der Waals surface area contributed by atoms with Crippen molar-refractivity contribution >= 4 is 17.4 Å². The van der Waals surface area contributed by atoms with Gasteiger partial charge >= 0.3 is 0 Å². The average molecular weight is 257 g/mol. The van der Waals surface area contributed by atoms with E-state index in [2.05, 4.69) is 0 Å². The van der Waals surface area contributed by atoms with Gasteiger partial charge in [-0.05, 0) is 18.1 Å². The summed E-state index contributed by atoms with van der Waals surface area (Å²) in [7, 11) is 1.47. The largest absolute Gasteiger partial charge is 0.497 e. The van der Waals surface area contributed by atoms with Crippen LogP contribution in [0.3, 0.4) is 0 Å². The highest BCUT2D eigenvalue weighted by atomic mass is 32.2. The Hall–Kier alpha value is -1.27. The molecule has 0 aliphatic carbocycles. The molecule has 0 heterocycles. The molecule has 0 saturated heterocycles. The molecule has 1 aromatic rings. The van der Waals surface area contributed by atoms with Crippen molar-refractivity contribution in [3.05, 3.63) is 28.3 Å². The second-order valence-corrected chi connectivity index (χ2v) is 4.75. The Morgan fingerprint density at radius 1 is 1.59 bits per heavy atom. The first kappa shape index (κ1) is 13.8. The van der Waals surface area contributed by atoms with Crippen LogP contribution in [0.5, 0.6) is 5.75 Å². The van der Waals surface area contributed by atoms with Gasteiger partial charge in [-0.25, -0.2) is 0 Å². The first-order valence-electron chi connectivity index (χ1n) is 5.14.